The summed E-state index contributed by atoms with van der Waals surface area (Å²) in [6.07, 6.45) is 7.99. The van der Waals surface area contributed by atoms with Gasteiger partial charge in [0.25, 0.3) is 0 Å². The Labute approximate surface area is 73.0 Å². The fourth-order valence-electron chi connectivity index (χ4n) is 1.25. The fourth-order valence-corrected chi connectivity index (χ4v) is 1.25. The molecule has 0 heterocycles. The van der Waals surface area contributed by atoms with Gasteiger partial charge in [-0.1, -0.05) is 24.6 Å². The molecular weight excluding hydrogens is 148 g/mol. The van der Waals surface area contributed by atoms with Gasteiger partial charge in [0.15, 0.2) is 0 Å². The summed E-state index contributed by atoms with van der Waals surface area (Å²) in [5, 5.41) is 14.7. The molecule has 0 saturated carbocycles. The quantitative estimate of drug-likeness (QED) is 0.586. The van der Waals surface area contributed by atoms with Crippen LogP contribution in [0.3, 0.4) is 0 Å². The van der Waals surface area contributed by atoms with Gasteiger partial charge in [-0.25, -0.2) is 0 Å². The van der Waals surface area contributed by atoms with Crippen LogP contribution in [0.25, 0.3) is 0 Å². The molecule has 1 aliphatic rings. The Kier molecular flexibility index (Phi) is 2.97. The topological polar surface area (TPSA) is 47.7 Å². The standard InChI is InChI=1S/C10H14N2/c1-2-8-3-5-9(7-11)10(12)6-4-8/h3,5,7,11-12H,2,4,6H2,1H3. The van der Waals surface area contributed by atoms with E-state index < -0.39 is 0 Å². The Bertz CT molecular complexity index is 259. The molecular formula is C10H14N2. The molecule has 0 spiro atoms. The summed E-state index contributed by atoms with van der Waals surface area (Å²) in [6.45, 7) is 2.12. The lowest BCUT2D eigenvalue weighted by Gasteiger charge is -2.00. The van der Waals surface area contributed by atoms with Gasteiger partial charge in [-0.05, 0) is 19.3 Å². The first-order valence-corrected chi connectivity index (χ1v) is 4.26. The second-order valence-electron chi connectivity index (χ2n) is 2.92. The van der Waals surface area contributed by atoms with Crippen LogP contribution in [0, 0.1) is 10.8 Å². The van der Waals surface area contributed by atoms with Crippen molar-refractivity contribution in [1.29, 1.82) is 10.8 Å². The van der Waals surface area contributed by atoms with Crippen LogP contribution >= 0.6 is 0 Å². The molecule has 2 N–H and O–H groups in total. The Balaban J connectivity index is 2.84. The van der Waals surface area contributed by atoms with Gasteiger partial charge in [-0.3, -0.25) is 0 Å². The van der Waals surface area contributed by atoms with Gasteiger partial charge < -0.3 is 10.8 Å². The summed E-state index contributed by atoms with van der Waals surface area (Å²) >= 11 is 0. The number of allylic oxidation sites excluding steroid dienone is 4. The Morgan fingerprint density at radius 3 is 2.75 bits per heavy atom. The van der Waals surface area contributed by atoms with Crippen LogP contribution in [0.1, 0.15) is 26.2 Å². The van der Waals surface area contributed by atoms with Gasteiger partial charge in [0.1, 0.15) is 0 Å². The zero-order valence-corrected chi connectivity index (χ0v) is 7.35. The molecule has 0 fully saturated rings. The first-order chi connectivity index (χ1) is 5.77. The van der Waals surface area contributed by atoms with Crippen LogP contribution in [-0.2, 0) is 0 Å². The Morgan fingerprint density at radius 1 is 1.42 bits per heavy atom. The molecule has 12 heavy (non-hydrogen) atoms. The van der Waals surface area contributed by atoms with Crippen molar-refractivity contribution in [2.75, 3.05) is 0 Å². The molecule has 0 bridgehead atoms. The second kappa shape index (κ2) is 4.00. The maximum absolute atomic E-state index is 7.60. The van der Waals surface area contributed by atoms with Crippen molar-refractivity contribution in [3.05, 3.63) is 23.3 Å². The number of nitrogens with one attached hydrogen (secondary N) is 2. The van der Waals surface area contributed by atoms with Crippen molar-refractivity contribution in [3.8, 4) is 0 Å². The molecule has 2 heteroatoms. The lowest BCUT2D eigenvalue weighted by atomic mass is 10.1. The lowest BCUT2D eigenvalue weighted by molar-refractivity contribution is 0.932. The monoisotopic (exact) mass is 162 g/mol. The highest BCUT2D eigenvalue weighted by Gasteiger charge is 2.06. The zero-order valence-electron chi connectivity index (χ0n) is 7.35. The van der Waals surface area contributed by atoms with Crippen molar-refractivity contribution in [2.24, 2.45) is 0 Å². The molecule has 0 aromatic heterocycles. The molecule has 64 valence electrons. The highest BCUT2D eigenvalue weighted by Crippen LogP contribution is 2.16. The SMILES string of the molecule is CCC1=CC=C(C=N)C(=N)CC1. The van der Waals surface area contributed by atoms with Crippen molar-refractivity contribution >= 4 is 11.9 Å². The summed E-state index contributed by atoms with van der Waals surface area (Å²) in [4.78, 5) is 0. The van der Waals surface area contributed by atoms with Crippen LogP contribution in [0.4, 0.5) is 0 Å². The smallest absolute Gasteiger partial charge is 0.0404 e. The summed E-state index contributed by atoms with van der Waals surface area (Å²) in [5.74, 6) is 0. The Hall–Kier alpha value is -1.18. The minimum atomic E-state index is 0.588. The van der Waals surface area contributed by atoms with Crippen molar-refractivity contribution in [1.82, 2.24) is 0 Å². The third-order valence-corrected chi connectivity index (χ3v) is 2.15. The zero-order chi connectivity index (χ0) is 8.97. The predicted octanol–water partition coefficient (Wildman–Crippen LogP) is 2.71. The van der Waals surface area contributed by atoms with Crippen LogP contribution in [0.5, 0.6) is 0 Å². The van der Waals surface area contributed by atoms with Gasteiger partial charge in [0, 0.05) is 17.5 Å². The average Bonchev–Trinajstić information content (AvgIpc) is 2.27. The van der Waals surface area contributed by atoms with Gasteiger partial charge in [0.05, 0.1) is 0 Å². The van der Waals surface area contributed by atoms with Crippen molar-refractivity contribution < 1.29 is 0 Å². The van der Waals surface area contributed by atoms with Crippen LogP contribution < -0.4 is 0 Å². The molecule has 2 nitrogen and oxygen atoms in total. The van der Waals surface area contributed by atoms with Gasteiger partial charge in [-0.2, -0.15) is 0 Å². The number of hydrogen-bond donors (Lipinski definition) is 2. The van der Waals surface area contributed by atoms with Crippen LogP contribution in [-0.4, -0.2) is 11.9 Å². The largest absolute Gasteiger partial charge is 0.308 e. The molecule has 0 aliphatic heterocycles. The van der Waals surface area contributed by atoms with Gasteiger partial charge in [-0.15, -0.1) is 0 Å². The molecule has 0 aromatic carbocycles. The summed E-state index contributed by atoms with van der Waals surface area (Å²) in [7, 11) is 0. The molecule has 0 saturated heterocycles. The molecule has 0 unspecified atom stereocenters. The predicted molar refractivity (Wildman–Crippen MR) is 52.2 cm³/mol. The van der Waals surface area contributed by atoms with E-state index in [0.717, 1.165) is 24.8 Å². The van der Waals surface area contributed by atoms with Gasteiger partial charge in [0.2, 0.25) is 0 Å². The van der Waals surface area contributed by atoms with Crippen LogP contribution in [0.2, 0.25) is 0 Å². The van der Waals surface area contributed by atoms with E-state index >= 15 is 0 Å². The lowest BCUT2D eigenvalue weighted by Crippen LogP contribution is -2.00. The van der Waals surface area contributed by atoms with E-state index in [1.54, 1.807) is 0 Å². The summed E-state index contributed by atoms with van der Waals surface area (Å²) in [6, 6.07) is 0. The number of hydrogen-bond acceptors (Lipinski definition) is 2. The second-order valence-corrected chi connectivity index (χ2v) is 2.92. The first-order valence-electron chi connectivity index (χ1n) is 4.26. The van der Waals surface area contributed by atoms with E-state index in [-0.39, 0.29) is 0 Å². The van der Waals surface area contributed by atoms with Crippen LogP contribution in [0.15, 0.2) is 23.3 Å². The van der Waals surface area contributed by atoms with Crippen molar-refractivity contribution in [2.45, 2.75) is 26.2 Å². The molecule has 0 amide bonds. The Morgan fingerprint density at radius 2 is 2.17 bits per heavy atom. The maximum Gasteiger partial charge on any atom is 0.0404 e. The molecule has 1 rings (SSSR count). The molecule has 1 aliphatic carbocycles. The van der Waals surface area contributed by atoms with E-state index in [4.69, 9.17) is 10.8 Å². The summed E-state index contributed by atoms with van der Waals surface area (Å²) in [5.41, 5.74) is 2.71. The number of rotatable bonds is 2. The van der Waals surface area contributed by atoms with Crippen molar-refractivity contribution in [3.63, 3.8) is 0 Å². The first kappa shape index (κ1) is 8.91. The highest BCUT2D eigenvalue weighted by atomic mass is 14.4. The van der Waals surface area contributed by atoms with E-state index in [2.05, 4.69) is 6.92 Å². The normalized spacial score (nSPS) is 17.9. The van der Waals surface area contributed by atoms with E-state index in [9.17, 15) is 0 Å². The highest BCUT2D eigenvalue weighted by molar-refractivity contribution is 6.14. The fraction of sp³-hybridized carbons (Fsp3) is 0.400. The van der Waals surface area contributed by atoms with E-state index in [0.29, 0.717) is 5.71 Å². The summed E-state index contributed by atoms with van der Waals surface area (Å²) < 4.78 is 0. The third-order valence-electron chi connectivity index (χ3n) is 2.15. The average molecular weight is 162 g/mol. The minimum Gasteiger partial charge on any atom is -0.308 e. The van der Waals surface area contributed by atoms with Gasteiger partial charge >= 0.3 is 0 Å². The van der Waals surface area contributed by atoms with E-state index in [1.165, 1.54) is 11.8 Å². The van der Waals surface area contributed by atoms with E-state index in [1.807, 2.05) is 12.2 Å². The molecule has 0 atom stereocenters. The maximum atomic E-state index is 7.60. The third kappa shape index (κ3) is 1.91. The minimum absolute atomic E-state index is 0.588. The molecule has 0 radical (unpaired) electrons. The molecule has 0 aromatic rings.